The molecule has 1 aromatic rings. The van der Waals surface area contributed by atoms with Crippen molar-refractivity contribution in [2.24, 2.45) is 5.73 Å². The average molecular weight is 293 g/mol. The molecule has 1 aromatic carbocycles. The van der Waals surface area contributed by atoms with Crippen LogP contribution >= 0.6 is 0 Å². The molecule has 0 fully saturated rings. The third-order valence-electron chi connectivity index (χ3n) is 2.60. The Morgan fingerprint density at radius 2 is 2.05 bits per heavy atom. The monoisotopic (exact) mass is 293 g/mol. The van der Waals surface area contributed by atoms with E-state index in [1.807, 2.05) is 0 Å². The summed E-state index contributed by atoms with van der Waals surface area (Å²) >= 11 is 0. The lowest BCUT2D eigenvalue weighted by molar-refractivity contribution is 0.0670. The molecule has 0 heterocycles. The molecule has 0 radical (unpaired) electrons. The lowest BCUT2D eigenvalue weighted by Crippen LogP contribution is -2.26. The van der Waals surface area contributed by atoms with Gasteiger partial charge in [0, 0.05) is 13.2 Å². The van der Waals surface area contributed by atoms with Crippen molar-refractivity contribution >= 4 is 9.84 Å². The van der Waals surface area contributed by atoms with Gasteiger partial charge in [-0.25, -0.2) is 17.2 Å². The minimum absolute atomic E-state index is 0.141. The highest BCUT2D eigenvalue weighted by Crippen LogP contribution is 2.18. The van der Waals surface area contributed by atoms with Crippen molar-refractivity contribution in [2.75, 3.05) is 18.9 Å². The normalized spacial score (nSPS) is 13.5. The van der Waals surface area contributed by atoms with E-state index >= 15 is 0 Å². The summed E-state index contributed by atoms with van der Waals surface area (Å²) in [6.07, 6.45) is -0.265. The predicted octanol–water partition coefficient (Wildman–Crippen LogP) is 1.49. The van der Waals surface area contributed by atoms with Gasteiger partial charge in [0.1, 0.15) is 16.5 Å². The molecule has 0 amide bonds. The molecule has 0 aliphatic carbocycles. The zero-order valence-electron chi connectivity index (χ0n) is 10.6. The van der Waals surface area contributed by atoms with Crippen LogP contribution in [0.3, 0.4) is 0 Å². The molecular formula is C12H17F2NO3S. The van der Waals surface area contributed by atoms with Crippen LogP contribution < -0.4 is 5.73 Å². The molecule has 0 bridgehead atoms. The van der Waals surface area contributed by atoms with Crippen LogP contribution in [0, 0.1) is 11.6 Å². The van der Waals surface area contributed by atoms with Crippen molar-refractivity contribution in [3.8, 4) is 0 Å². The fraction of sp³-hybridized carbons (Fsp3) is 0.500. The Hall–Kier alpha value is -1.05. The van der Waals surface area contributed by atoms with Crippen LogP contribution in [0.2, 0.25) is 0 Å². The Bertz CT molecular complexity index is 520. The maximum Gasteiger partial charge on any atom is 0.181 e. The van der Waals surface area contributed by atoms with Gasteiger partial charge in [-0.15, -0.1) is 0 Å². The van der Waals surface area contributed by atoms with E-state index in [2.05, 4.69) is 0 Å². The second kappa shape index (κ2) is 6.93. The van der Waals surface area contributed by atoms with E-state index in [0.29, 0.717) is 12.7 Å². The maximum atomic E-state index is 13.4. The lowest BCUT2D eigenvalue weighted by atomic mass is 10.3. The molecule has 1 rings (SSSR count). The second-order valence-corrected chi connectivity index (χ2v) is 6.07. The first-order valence-electron chi connectivity index (χ1n) is 5.90. The quantitative estimate of drug-likeness (QED) is 0.827. The molecule has 108 valence electrons. The van der Waals surface area contributed by atoms with Crippen LogP contribution in [0.5, 0.6) is 0 Å². The third-order valence-corrected chi connectivity index (χ3v) is 4.36. The molecule has 0 saturated carbocycles. The smallest absolute Gasteiger partial charge is 0.181 e. The highest BCUT2D eigenvalue weighted by Gasteiger charge is 2.21. The molecule has 1 atom stereocenters. The topological polar surface area (TPSA) is 69.4 Å². The number of halogens is 2. The van der Waals surface area contributed by atoms with E-state index in [1.54, 1.807) is 6.92 Å². The first-order chi connectivity index (χ1) is 8.90. The maximum absolute atomic E-state index is 13.4. The van der Waals surface area contributed by atoms with Gasteiger partial charge in [0.2, 0.25) is 0 Å². The van der Waals surface area contributed by atoms with Gasteiger partial charge < -0.3 is 10.5 Å². The van der Waals surface area contributed by atoms with Gasteiger partial charge in [-0.1, -0.05) is 0 Å². The molecule has 0 saturated heterocycles. The molecule has 0 aromatic heterocycles. The van der Waals surface area contributed by atoms with Gasteiger partial charge in [0.25, 0.3) is 0 Å². The highest BCUT2D eigenvalue weighted by atomic mass is 32.2. The van der Waals surface area contributed by atoms with E-state index in [1.165, 1.54) is 0 Å². The number of hydrogen-bond donors (Lipinski definition) is 1. The standard InChI is InChI=1S/C12H17F2NO3S/c1-2-18-10(8-15)5-6-19(16,17)12-7-9(13)3-4-11(12)14/h3-4,7,10H,2,5-6,8,15H2,1H3. The van der Waals surface area contributed by atoms with Crippen molar-refractivity contribution in [3.63, 3.8) is 0 Å². The summed E-state index contributed by atoms with van der Waals surface area (Å²) in [5.41, 5.74) is 5.43. The Balaban J connectivity index is 2.83. The molecule has 7 heteroatoms. The van der Waals surface area contributed by atoms with Crippen LogP contribution in [0.1, 0.15) is 13.3 Å². The van der Waals surface area contributed by atoms with E-state index in [9.17, 15) is 17.2 Å². The van der Waals surface area contributed by atoms with Crippen molar-refractivity contribution < 1.29 is 21.9 Å². The largest absolute Gasteiger partial charge is 0.377 e. The van der Waals surface area contributed by atoms with Crippen LogP contribution in [0.4, 0.5) is 8.78 Å². The van der Waals surface area contributed by atoms with Gasteiger partial charge in [-0.05, 0) is 31.5 Å². The summed E-state index contributed by atoms with van der Waals surface area (Å²) in [5.74, 6) is -2.09. The Kier molecular flexibility index (Phi) is 5.84. The van der Waals surface area contributed by atoms with Crippen LogP contribution in [0.15, 0.2) is 23.1 Å². The van der Waals surface area contributed by atoms with E-state index in [0.717, 1.165) is 12.1 Å². The first kappa shape index (κ1) is 16.0. The molecule has 0 aliphatic heterocycles. The zero-order valence-corrected chi connectivity index (χ0v) is 11.4. The second-order valence-electron chi connectivity index (χ2n) is 4.00. The number of sulfone groups is 1. The van der Waals surface area contributed by atoms with Gasteiger partial charge in [-0.3, -0.25) is 0 Å². The fourth-order valence-electron chi connectivity index (χ4n) is 1.62. The minimum Gasteiger partial charge on any atom is -0.377 e. The molecule has 1 unspecified atom stereocenters. The summed E-state index contributed by atoms with van der Waals surface area (Å²) in [5, 5.41) is 0. The van der Waals surface area contributed by atoms with Crippen molar-refractivity contribution in [2.45, 2.75) is 24.3 Å². The van der Waals surface area contributed by atoms with Gasteiger partial charge in [-0.2, -0.15) is 0 Å². The SMILES string of the molecule is CCOC(CN)CCS(=O)(=O)c1cc(F)ccc1F. The number of nitrogens with two attached hydrogens (primary N) is 1. The van der Waals surface area contributed by atoms with Crippen molar-refractivity contribution in [1.82, 2.24) is 0 Å². The molecule has 19 heavy (non-hydrogen) atoms. The number of ether oxygens (including phenoxy) is 1. The van der Waals surface area contributed by atoms with Crippen LogP contribution in [-0.2, 0) is 14.6 Å². The predicted molar refractivity (Wildman–Crippen MR) is 67.5 cm³/mol. The Labute approximate surface area is 111 Å². The first-order valence-corrected chi connectivity index (χ1v) is 7.55. The summed E-state index contributed by atoms with van der Waals surface area (Å²) in [7, 11) is -3.89. The summed E-state index contributed by atoms with van der Waals surface area (Å²) in [4.78, 5) is -0.625. The summed E-state index contributed by atoms with van der Waals surface area (Å²) in [6, 6.07) is 2.35. The van der Waals surface area contributed by atoms with E-state index < -0.39 is 32.5 Å². The lowest BCUT2D eigenvalue weighted by Gasteiger charge is -2.14. The number of hydrogen-bond acceptors (Lipinski definition) is 4. The van der Waals surface area contributed by atoms with Crippen molar-refractivity contribution in [1.29, 1.82) is 0 Å². The van der Waals surface area contributed by atoms with Crippen LogP contribution in [-0.4, -0.2) is 33.4 Å². The average Bonchev–Trinajstić information content (AvgIpc) is 2.37. The zero-order chi connectivity index (χ0) is 14.5. The van der Waals surface area contributed by atoms with Gasteiger partial charge in [0.15, 0.2) is 9.84 Å². The van der Waals surface area contributed by atoms with E-state index in [4.69, 9.17) is 10.5 Å². The summed E-state index contributed by atoms with van der Waals surface area (Å²) in [6.45, 7) is 2.36. The van der Waals surface area contributed by atoms with Crippen LogP contribution in [0.25, 0.3) is 0 Å². The molecule has 4 nitrogen and oxygen atoms in total. The van der Waals surface area contributed by atoms with Gasteiger partial charge in [0.05, 0.1) is 11.9 Å². The Morgan fingerprint density at radius 3 is 2.63 bits per heavy atom. The summed E-state index contributed by atoms with van der Waals surface area (Å²) < 4.78 is 55.5. The molecule has 0 spiro atoms. The molecule has 0 aliphatic rings. The number of rotatable bonds is 7. The van der Waals surface area contributed by atoms with Crippen molar-refractivity contribution in [3.05, 3.63) is 29.8 Å². The molecule has 2 N–H and O–H groups in total. The molecular weight excluding hydrogens is 276 g/mol. The fourth-order valence-corrected chi connectivity index (χ4v) is 3.07. The third kappa shape index (κ3) is 4.52. The highest BCUT2D eigenvalue weighted by molar-refractivity contribution is 7.91. The number of benzene rings is 1. The van der Waals surface area contributed by atoms with E-state index in [-0.39, 0.29) is 18.7 Å². The van der Waals surface area contributed by atoms with Gasteiger partial charge >= 0.3 is 0 Å². The Morgan fingerprint density at radius 1 is 1.37 bits per heavy atom. The minimum atomic E-state index is -3.89.